The average molecular weight is 387 g/mol. The van der Waals surface area contributed by atoms with Gasteiger partial charge in [0, 0.05) is 30.2 Å². The number of aryl methyl sites for hydroxylation is 1. The molecule has 3 aromatic rings. The molecule has 1 aromatic carbocycles. The van der Waals surface area contributed by atoms with E-state index in [0.29, 0.717) is 54.8 Å². The number of fused-ring (bicyclic) bond motifs is 1. The topological polar surface area (TPSA) is 99.6 Å². The Morgan fingerprint density at radius 3 is 2.86 bits per heavy atom. The second-order valence-corrected chi connectivity index (χ2v) is 6.74. The highest BCUT2D eigenvalue weighted by molar-refractivity contribution is 5.82. The van der Waals surface area contributed by atoms with Crippen LogP contribution >= 0.6 is 0 Å². The predicted molar refractivity (Wildman–Crippen MR) is 104 cm³/mol. The normalized spacial score (nSPS) is 12.4. The zero-order valence-corrected chi connectivity index (χ0v) is 16.6. The van der Waals surface area contributed by atoms with Crippen molar-refractivity contribution in [2.24, 2.45) is 0 Å². The first kappa shape index (κ1) is 20.0. The number of nitrogens with zero attached hydrogens (tertiary/aromatic N) is 2. The number of hydrogen-bond donors (Lipinski definition) is 1. The SMILES string of the molecule is COCCc1nc(CNC(C)COc2ccc3c(C)c(C)c(=O)oc3c2)no1. The van der Waals surface area contributed by atoms with E-state index in [1.807, 2.05) is 26.0 Å². The lowest BCUT2D eigenvalue weighted by molar-refractivity contribution is 0.192. The Morgan fingerprint density at radius 2 is 2.07 bits per heavy atom. The highest BCUT2D eigenvalue weighted by Gasteiger charge is 2.11. The summed E-state index contributed by atoms with van der Waals surface area (Å²) < 4.78 is 21.3. The van der Waals surface area contributed by atoms with Gasteiger partial charge >= 0.3 is 5.63 Å². The van der Waals surface area contributed by atoms with Crippen LogP contribution in [-0.4, -0.2) is 36.5 Å². The van der Waals surface area contributed by atoms with Crippen LogP contribution < -0.4 is 15.7 Å². The van der Waals surface area contributed by atoms with Crippen molar-refractivity contribution in [1.29, 1.82) is 0 Å². The van der Waals surface area contributed by atoms with Gasteiger partial charge in [-0.25, -0.2) is 4.79 Å². The molecule has 3 rings (SSSR count). The number of nitrogens with one attached hydrogen (secondary N) is 1. The number of rotatable bonds is 9. The zero-order valence-electron chi connectivity index (χ0n) is 16.6. The maximum absolute atomic E-state index is 11.9. The van der Waals surface area contributed by atoms with E-state index < -0.39 is 0 Å². The second kappa shape index (κ2) is 8.99. The van der Waals surface area contributed by atoms with Crippen molar-refractivity contribution >= 4 is 11.0 Å². The molecule has 2 aromatic heterocycles. The molecule has 0 spiro atoms. The van der Waals surface area contributed by atoms with E-state index in [-0.39, 0.29) is 11.7 Å². The van der Waals surface area contributed by atoms with Gasteiger partial charge in [0.05, 0.1) is 19.6 Å². The smallest absolute Gasteiger partial charge is 0.339 e. The fourth-order valence-corrected chi connectivity index (χ4v) is 2.72. The predicted octanol–water partition coefficient (Wildman–Crippen LogP) is 2.54. The van der Waals surface area contributed by atoms with Gasteiger partial charge in [-0.15, -0.1) is 0 Å². The Hall–Kier alpha value is -2.71. The standard InChI is InChI=1S/C20H25N3O5/c1-12(21-10-18-22-19(28-23-18)7-8-25-4)11-26-15-5-6-16-13(2)14(3)20(24)27-17(16)9-15/h5-6,9,12,21H,7-8,10-11H2,1-4H3. The Morgan fingerprint density at radius 1 is 1.25 bits per heavy atom. The minimum atomic E-state index is -0.317. The van der Waals surface area contributed by atoms with Crippen LogP contribution in [0.25, 0.3) is 11.0 Å². The molecule has 1 N–H and O–H groups in total. The van der Waals surface area contributed by atoms with E-state index in [1.54, 1.807) is 20.1 Å². The summed E-state index contributed by atoms with van der Waals surface area (Å²) in [5.41, 5.74) is 1.77. The first-order valence-electron chi connectivity index (χ1n) is 9.18. The van der Waals surface area contributed by atoms with Crippen molar-refractivity contribution in [1.82, 2.24) is 15.5 Å². The van der Waals surface area contributed by atoms with Crippen molar-refractivity contribution in [3.05, 3.63) is 51.5 Å². The Labute approximate surface area is 162 Å². The van der Waals surface area contributed by atoms with Crippen LogP contribution in [0, 0.1) is 13.8 Å². The summed E-state index contributed by atoms with van der Waals surface area (Å²) in [6.45, 7) is 7.15. The lowest BCUT2D eigenvalue weighted by Gasteiger charge is -2.14. The van der Waals surface area contributed by atoms with E-state index in [2.05, 4.69) is 15.5 Å². The summed E-state index contributed by atoms with van der Waals surface area (Å²) in [6, 6.07) is 5.60. The van der Waals surface area contributed by atoms with Crippen LogP contribution in [0.4, 0.5) is 0 Å². The summed E-state index contributed by atoms with van der Waals surface area (Å²) in [5.74, 6) is 1.80. The van der Waals surface area contributed by atoms with Gasteiger partial charge in [0.1, 0.15) is 17.9 Å². The van der Waals surface area contributed by atoms with E-state index in [1.165, 1.54) is 0 Å². The molecule has 1 atom stereocenters. The van der Waals surface area contributed by atoms with Crippen LogP contribution in [0.1, 0.15) is 29.8 Å². The molecule has 150 valence electrons. The molecule has 0 amide bonds. The van der Waals surface area contributed by atoms with Gasteiger partial charge in [-0.1, -0.05) is 5.16 Å². The molecule has 0 aliphatic carbocycles. The van der Waals surface area contributed by atoms with E-state index >= 15 is 0 Å². The highest BCUT2D eigenvalue weighted by atomic mass is 16.5. The first-order valence-corrected chi connectivity index (χ1v) is 9.18. The number of benzene rings is 1. The van der Waals surface area contributed by atoms with Crippen molar-refractivity contribution in [2.45, 2.75) is 39.8 Å². The average Bonchev–Trinajstić information content (AvgIpc) is 3.15. The second-order valence-electron chi connectivity index (χ2n) is 6.74. The van der Waals surface area contributed by atoms with Crippen LogP contribution in [0.2, 0.25) is 0 Å². The summed E-state index contributed by atoms with van der Waals surface area (Å²) in [6.07, 6.45) is 0.596. The minimum absolute atomic E-state index is 0.0587. The molecule has 0 bridgehead atoms. The number of methoxy groups -OCH3 is 1. The minimum Gasteiger partial charge on any atom is -0.492 e. The maximum atomic E-state index is 11.9. The molecule has 8 heteroatoms. The lowest BCUT2D eigenvalue weighted by atomic mass is 10.1. The molecule has 1 unspecified atom stereocenters. The molecule has 2 heterocycles. The molecule has 0 saturated heterocycles. The number of ether oxygens (including phenoxy) is 2. The molecule has 0 radical (unpaired) electrons. The van der Waals surface area contributed by atoms with Crippen LogP contribution in [0.15, 0.2) is 31.9 Å². The van der Waals surface area contributed by atoms with E-state index in [0.717, 1.165) is 10.9 Å². The quantitative estimate of drug-likeness (QED) is 0.559. The number of hydrogen-bond acceptors (Lipinski definition) is 8. The first-order chi connectivity index (χ1) is 13.5. The summed E-state index contributed by atoms with van der Waals surface area (Å²) in [5, 5.41) is 8.13. The molecule has 0 aliphatic rings. The van der Waals surface area contributed by atoms with Crippen molar-refractivity contribution in [3.8, 4) is 5.75 Å². The Kier molecular flexibility index (Phi) is 6.43. The van der Waals surface area contributed by atoms with Gasteiger partial charge in [0.15, 0.2) is 5.82 Å². The summed E-state index contributed by atoms with van der Waals surface area (Å²) in [7, 11) is 1.63. The van der Waals surface area contributed by atoms with Crippen LogP contribution in [0.5, 0.6) is 5.75 Å². The molecule has 28 heavy (non-hydrogen) atoms. The molecular weight excluding hydrogens is 362 g/mol. The van der Waals surface area contributed by atoms with Crippen molar-refractivity contribution < 1.29 is 18.4 Å². The molecular formula is C20H25N3O5. The van der Waals surface area contributed by atoms with Gasteiger partial charge < -0.3 is 23.7 Å². The lowest BCUT2D eigenvalue weighted by Crippen LogP contribution is -2.31. The number of aromatic nitrogens is 2. The Balaban J connectivity index is 1.54. The Bertz CT molecular complexity index is 995. The third-order valence-corrected chi connectivity index (χ3v) is 4.57. The molecule has 0 aliphatic heterocycles. The highest BCUT2D eigenvalue weighted by Crippen LogP contribution is 2.23. The van der Waals surface area contributed by atoms with Crippen molar-refractivity contribution in [3.63, 3.8) is 0 Å². The van der Waals surface area contributed by atoms with Gasteiger partial charge in [0.25, 0.3) is 0 Å². The third kappa shape index (κ3) is 4.76. The van der Waals surface area contributed by atoms with Crippen molar-refractivity contribution in [2.75, 3.05) is 20.3 Å². The largest absolute Gasteiger partial charge is 0.492 e. The van der Waals surface area contributed by atoms with Gasteiger partial charge in [-0.3, -0.25) is 0 Å². The van der Waals surface area contributed by atoms with Crippen LogP contribution in [-0.2, 0) is 17.7 Å². The molecule has 8 nitrogen and oxygen atoms in total. The fraction of sp³-hybridized carbons (Fsp3) is 0.450. The molecule has 0 saturated carbocycles. The molecule has 0 fully saturated rings. The van der Waals surface area contributed by atoms with Gasteiger partial charge in [-0.05, 0) is 38.5 Å². The summed E-state index contributed by atoms with van der Waals surface area (Å²) in [4.78, 5) is 16.2. The fourth-order valence-electron chi connectivity index (χ4n) is 2.72. The van der Waals surface area contributed by atoms with E-state index in [4.69, 9.17) is 18.4 Å². The monoisotopic (exact) mass is 387 g/mol. The van der Waals surface area contributed by atoms with E-state index in [9.17, 15) is 4.79 Å². The van der Waals surface area contributed by atoms with Crippen LogP contribution in [0.3, 0.4) is 0 Å². The maximum Gasteiger partial charge on any atom is 0.339 e. The van der Waals surface area contributed by atoms with Gasteiger partial charge in [-0.2, -0.15) is 4.98 Å². The zero-order chi connectivity index (χ0) is 20.1. The van der Waals surface area contributed by atoms with Gasteiger partial charge in [0.2, 0.25) is 5.89 Å². The summed E-state index contributed by atoms with van der Waals surface area (Å²) >= 11 is 0. The third-order valence-electron chi connectivity index (χ3n) is 4.57.